The molecule has 154 valence electrons. The standard InChI is InChI=1S/C21H23FN2O4S/c1-12(25)17-4-5-18(29-17)16-10-14(22)8-13-9-15(28-21(13)16)11-23-19(26)6-7-20(27)24(2)3/h4-5,8,10,15H,6-7,9,11H2,1-3H3,(H,23,26). The molecular formula is C21H23FN2O4S. The van der Waals surface area contributed by atoms with Gasteiger partial charge in [-0.25, -0.2) is 4.39 Å². The number of carbonyl (C=O) groups is 3. The molecule has 1 aliphatic heterocycles. The van der Waals surface area contributed by atoms with Gasteiger partial charge in [0.1, 0.15) is 17.7 Å². The van der Waals surface area contributed by atoms with Gasteiger partial charge in [0.05, 0.1) is 11.4 Å². The lowest BCUT2D eigenvalue weighted by Gasteiger charge is -2.14. The molecule has 1 N–H and O–H groups in total. The molecule has 29 heavy (non-hydrogen) atoms. The highest BCUT2D eigenvalue weighted by atomic mass is 32.1. The molecule has 0 aliphatic carbocycles. The van der Waals surface area contributed by atoms with E-state index in [2.05, 4.69) is 5.32 Å². The molecule has 2 heterocycles. The first-order valence-electron chi connectivity index (χ1n) is 9.31. The Hall–Kier alpha value is -2.74. The summed E-state index contributed by atoms with van der Waals surface area (Å²) in [6, 6.07) is 6.36. The lowest BCUT2D eigenvalue weighted by molar-refractivity contribution is -0.131. The molecule has 0 saturated carbocycles. The number of ether oxygens (including phenoxy) is 1. The number of nitrogens with zero attached hydrogens (tertiary/aromatic N) is 1. The van der Waals surface area contributed by atoms with Crippen molar-refractivity contribution in [3.63, 3.8) is 0 Å². The smallest absolute Gasteiger partial charge is 0.222 e. The Labute approximate surface area is 172 Å². The van der Waals surface area contributed by atoms with Crippen molar-refractivity contribution >= 4 is 28.9 Å². The fourth-order valence-corrected chi connectivity index (χ4v) is 4.04. The molecule has 1 aliphatic rings. The summed E-state index contributed by atoms with van der Waals surface area (Å²) in [4.78, 5) is 37.9. The van der Waals surface area contributed by atoms with E-state index in [1.807, 2.05) is 0 Å². The first-order chi connectivity index (χ1) is 13.7. The number of halogens is 1. The molecule has 0 saturated heterocycles. The molecule has 0 fully saturated rings. The third-order valence-corrected chi connectivity index (χ3v) is 5.89. The Morgan fingerprint density at radius 1 is 1.24 bits per heavy atom. The van der Waals surface area contributed by atoms with E-state index in [0.717, 1.165) is 10.4 Å². The molecule has 1 atom stereocenters. The maximum absolute atomic E-state index is 14.1. The SMILES string of the molecule is CC(=O)c1ccc(-c2cc(F)cc3c2OC(CNC(=O)CCC(=O)N(C)C)C3)s1. The summed E-state index contributed by atoms with van der Waals surface area (Å²) in [7, 11) is 3.29. The average Bonchev–Trinajstić information content (AvgIpc) is 3.30. The van der Waals surface area contributed by atoms with Gasteiger partial charge in [0.25, 0.3) is 0 Å². The summed E-state index contributed by atoms with van der Waals surface area (Å²) in [6.07, 6.45) is 0.421. The van der Waals surface area contributed by atoms with Crippen molar-refractivity contribution in [2.45, 2.75) is 32.3 Å². The minimum atomic E-state index is -0.369. The molecule has 2 amide bonds. The van der Waals surface area contributed by atoms with Crippen LogP contribution in [0, 0.1) is 5.82 Å². The third kappa shape index (κ3) is 5.00. The summed E-state index contributed by atoms with van der Waals surface area (Å²) < 4.78 is 20.1. The molecule has 0 spiro atoms. The van der Waals surface area contributed by atoms with Gasteiger partial charge in [0, 0.05) is 49.4 Å². The molecule has 8 heteroatoms. The van der Waals surface area contributed by atoms with Crippen molar-refractivity contribution in [3.05, 3.63) is 40.5 Å². The van der Waals surface area contributed by atoms with Crippen LogP contribution in [0.2, 0.25) is 0 Å². The van der Waals surface area contributed by atoms with Crippen LogP contribution in [0.1, 0.15) is 35.0 Å². The van der Waals surface area contributed by atoms with Crippen molar-refractivity contribution in [1.82, 2.24) is 10.2 Å². The third-order valence-electron chi connectivity index (χ3n) is 4.67. The van der Waals surface area contributed by atoms with Crippen molar-refractivity contribution in [2.75, 3.05) is 20.6 Å². The second-order valence-electron chi connectivity index (χ2n) is 7.20. The van der Waals surface area contributed by atoms with Gasteiger partial charge in [-0.15, -0.1) is 11.3 Å². The van der Waals surface area contributed by atoms with Crippen LogP contribution in [0.15, 0.2) is 24.3 Å². The van der Waals surface area contributed by atoms with Crippen molar-refractivity contribution < 1.29 is 23.5 Å². The number of ketones is 1. The van der Waals surface area contributed by atoms with Crippen molar-refractivity contribution in [1.29, 1.82) is 0 Å². The second kappa shape index (κ2) is 8.73. The quantitative estimate of drug-likeness (QED) is 0.702. The van der Waals surface area contributed by atoms with Crippen LogP contribution in [0.4, 0.5) is 4.39 Å². The van der Waals surface area contributed by atoms with Crippen molar-refractivity contribution in [2.24, 2.45) is 0 Å². The van der Waals surface area contributed by atoms with Crippen molar-refractivity contribution in [3.8, 4) is 16.2 Å². The lowest BCUT2D eigenvalue weighted by atomic mass is 10.0. The number of carbonyl (C=O) groups excluding carboxylic acids is 3. The van der Waals surface area contributed by atoms with Gasteiger partial charge in [0.15, 0.2) is 5.78 Å². The largest absolute Gasteiger partial charge is 0.487 e. The first-order valence-corrected chi connectivity index (χ1v) is 10.1. The summed E-state index contributed by atoms with van der Waals surface area (Å²) in [5.74, 6) is -0.151. The van der Waals surface area contributed by atoms with Gasteiger partial charge in [-0.2, -0.15) is 0 Å². The van der Waals surface area contributed by atoms with Gasteiger partial charge in [0.2, 0.25) is 11.8 Å². The molecule has 3 rings (SSSR count). The second-order valence-corrected chi connectivity index (χ2v) is 8.28. The Morgan fingerprint density at radius 2 is 2.00 bits per heavy atom. The lowest BCUT2D eigenvalue weighted by Crippen LogP contribution is -2.35. The number of hydrogen-bond acceptors (Lipinski definition) is 5. The van der Waals surface area contributed by atoms with E-state index in [1.165, 1.54) is 35.3 Å². The van der Waals surface area contributed by atoms with E-state index >= 15 is 0 Å². The molecule has 1 unspecified atom stereocenters. The normalized spacial score (nSPS) is 14.8. The summed E-state index contributed by atoms with van der Waals surface area (Å²) in [6.45, 7) is 1.76. The van der Waals surface area contributed by atoms with Gasteiger partial charge < -0.3 is 15.0 Å². The maximum Gasteiger partial charge on any atom is 0.222 e. The minimum absolute atomic E-state index is 0.0384. The monoisotopic (exact) mass is 418 g/mol. The molecule has 2 aromatic rings. The molecule has 1 aromatic heterocycles. The van der Waals surface area contributed by atoms with Crippen LogP contribution >= 0.6 is 11.3 Å². The highest BCUT2D eigenvalue weighted by Gasteiger charge is 2.28. The van der Waals surface area contributed by atoms with Crippen LogP contribution in [-0.4, -0.2) is 49.2 Å². The van der Waals surface area contributed by atoms with E-state index in [4.69, 9.17) is 4.74 Å². The van der Waals surface area contributed by atoms with Gasteiger partial charge in [-0.05, 0) is 31.2 Å². The molecular weight excluding hydrogens is 395 g/mol. The van der Waals surface area contributed by atoms with Gasteiger partial charge in [-0.3, -0.25) is 14.4 Å². The Kier molecular flexibility index (Phi) is 6.32. The number of benzene rings is 1. The highest BCUT2D eigenvalue weighted by Crippen LogP contribution is 2.42. The van der Waals surface area contributed by atoms with Crippen LogP contribution in [0.5, 0.6) is 5.75 Å². The van der Waals surface area contributed by atoms with E-state index in [1.54, 1.807) is 26.2 Å². The zero-order valence-electron chi connectivity index (χ0n) is 16.6. The number of Topliss-reactive ketones (excluding diaryl/α,β-unsaturated/α-hetero) is 1. The van der Waals surface area contributed by atoms with Crippen LogP contribution < -0.4 is 10.1 Å². The van der Waals surface area contributed by atoms with E-state index in [0.29, 0.717) is 22.6 Å². The van der Waals surface area contributed by atoms with Crippen LogP contribution in [0.3, 0.4) is 0 Å². The summed E-state index contributed by atoms with van der Waals surface area (Å²) in [5.41, 5.74) is 1.35. The number of thiophene rings is 1. The molecule has 0 radical (unpaired) electrons. The fraction of sp³-hybridized carbons (Fsp3) is 0.381. The zero-order valence-corrected chi connectivity index (χ0v) is 17.4. The van der Waals surface area contributed by atoms with E-state index in [-0.39, 0.29) is 48.9 Å². The fourth-order valence-electron chi connectivity index (χ4n) is 3.12. The average molecular weight is 418 g/mol. The predicted molar refractivity (Wildman–Crippen MR) is 109 cm³/mol. The number of hydrogen-bond donors (Lipinski definition) is 1. The Bertz CT molecular complexity index is 954. The topological polar surface area (TPSA) is 75.7 Å². The van der Waals surface area contributed by atoms with Crippen LogP contribution in [0.25, 0.3) is 10.4 Å². The van der Waals surface area contributed by atoms with Crippen LogP contribution in [-0.2, 0) is 16.0 Å². The van der Waals surface area contributed by atoms with Gasteiger partial charge >= 0.3 is 0 Å². The molecule has 1 aromatic carbocycles. The Morgan fingerprint density at radius 3 is 2.66 bits per heavy atom. The number of amides is 2. The molecule has 6 nitrogen and oxygen atoms in total. The number of fused-ring (bicyclic) bond motifs is 1. The minimum Gasteiger partial charge on any atom is -0.487 e. The summed E-state index contributed by atoms with van der Waals surface area (Å²) in [5, 5.41) is 2.78. The highest BCUT2D eigenvalue weighted by molar-refractivity contribution is 7.17. The molecule has 0 bridgehead atoms. The maximum atomic E-state index is 14.1. The summed E-state index contributed by atoms with van der Waals surface area (Å²) >= 11 is 1.30. The zero-order chi connectivity index (χ0) is 21.1. The Balaban J connectivity index is 1.65. The number of rotatable bonds is 7. The van der Waals surface area contributed by atoms with E-state index in [9.17, 15) is 18.8 Å². The van der Waals surface area contributed by atoms with E-state index < -0.39 is 0 Å². The predicted octanol–water partition coefficient (Wildman–Crippen LogP) is 3.04. The number of nitrogens with one attached hydrogen (secondary N) is 1. The van der Waals surface area contributed by atoms with Gasteiger partial charge in [-0.1, -0.05) is 0 Å². The first kappa shape index (κ1) is 21.0.